The first-order valence-corrected chi connectivity index (χ1v) is 8.32. The van der Waals surface area contributed by atoms with Crippen LogP contribution in [0.5, 0.6) is 0 Å². The van der Waals surface area contributed by atoms with Gasteiger partial charge in [0.1, 0.15) is 5.69 Å². The quantitative estimate of drug-likeness (QED) is 0.785. The summed E-state index contributed by atoms with van der Waals surface area (Å²) in [5.41, 5.74) is 2.16. The van der Waals surface area contributed by atoms with Crippen LogP contribution < -0.4 is 4.90 Å². The van der Waals surface area contributed by atoms with Gasteiger partial charge < -0.3 is 14.4 Å². The molecule has 0 bridgehead atoms. The monoisotopic (exact) mass is 337 g/mol. The van der Waals surface area contributed by atoms with Crippen molar-refractivity contribution in [1.82, 2.24) is 19.9 Å². The van der Waals surface area contributed by atoms with E-state index in [4.69, 9.17) is 9.40 Å². The smallest absolute Gasteiger partial charge is 0.226 e. The van der Waals surface area contributed by atoms with Gasteiger partial charge in [0, 0.05) is 37.2 Å². The van der Waals surface area contributed by atoms with Crippen LogP contribution in [-0.2, 0) is 0 Å². The van der Waals surface area contributed by atoms with Crippen LogP contribution in [0, 0.1) is 5.92 Å². The van der Waals surface area contributed by atoms with Gasteiger partial charge >= 0.3 is 0 Å². The van der Waals surface area contributed by atoms with Crippen LogP contribution in [0.1, 0.15) is 13.3 Å². The summed E-state index contributed by atoms with van der Waals surface area (Å²) in [5.74, 6) is 1.48. The molecular weight excluding hydrogens is 318 g/mol. The van der Waals surface area contributed by atoms with E-state index >= 15 is 0 Å². The van der Waals surface area contributed by atoms with Crippen LogP contribution in [0.25, 0.3) is 22.7 Å². The number of furan rings is 1. The zero-order valence-corrected chi connectivity index (χ0v) is 13.9. The fourth-order valence-electron chi connectivity index (χ4n) is 3.07. The zero-order valence-electron chi connectivity index (χ0n) is 13.9. The summed E-state index contributed by atoms with van der Waals surface area (Å²) in [6.45, 7) is 3.50. The molecule has 0 saturated carbocycles. The lowest BCUT2D eigenvalue weighted by atomic mass is 9.97. The van der Waals surface area contributed by atoms with E-state index in [1.807, 2.05) is 19.1 Å². The van der Waals surface area contributed by atoms with E-state index in [9.17, 15) is 5.11 Å². The topological polar surface area (TPSA) is 88.2 Å². The van der Waals surface area contributed by atoms with Crippen molar-refractivity contribution in [3.8, 4) is 22.7 Å². The van der Waals surface area contributed by atoms with Crippen LogP contribution in [0.2, 0.25) is 0 Å². The second-order valence-corrected chi connectivity index (χ2v) is 6.28. The molecule has 0 amide bonds. The van der Waals surface area contributed by atoms with Gasteiger partial charge in [-0.05, 0) is 24.5 Å². The molecular formula is C18H19N5O2. The normalized spacial score (nSPS) is 20.6. The molecule has 0 aromatic carbocycles. The van der Waals surface area contributed by atoms with E-state index in [0.29, 0.717) is 29.5 Å². The van der Waals surface area contributed by atoms with Crippen LogP contribution in [0.4, 0.5) is 5.95 Å². The Hall–Kier alpha value is -2.80. The molecule has 1 saturated heterocycles. The number of rotatable bonds is 3. The number of hydrogen-bond donors (Lipinski definition) is 1. The Bertz CT molecular complexity index is 838. The Morgan fingerprint density at radius 2 is 2.16 bits per heavy atom. The molecule has 128 valence electrons. The molecule has 4 heterocycles. The van der Waals surface area contributed by atoms with E-state index in [0.717, 1.165) is 18.7 Å². The van der Waals surface area contributed by atoms with E-state index in [-0.39, 0.29) is 12.0 Å². The summed E-state index contributed by atoms with van der Waals surface area (Å²) in [7, 11) is 0. The van der Waals surface area contributed by atoms with Crippen molar-refractivity contribution >= 4 is 5.95 Å². The molecule has 7 nitrogen and oxygen atoms in total. The van der Waals surface area contributed by atoms with Gasteiger partial charge in [-0.1, -0.05) is 6.92 Å². The van der Waals surface area contributed by atoms with Crippen molar-refractivity contribution in [2.24, 2.45) is 5.92 Å². The first kappa shape index (κ1) is 15.7. The average molecular weight is 337 g/mol. The maximum atomic E-state index is 9.94. The lowest BCUT2D eigenvalue weighted by Gasteiger charge is -2.34. The number of aliphatic hydroxyl groups is 1. The highest BCUT2D eigenvalue weighted by molar-refractivity contribution is 5.76. The molecule has 4 rings (SSSR count). The second-order valence-electron chi connectivity index (χ2n) is 6.28. The average Bonchev–Trinajstić information content (AvgIpc) is 3.19. The van der Waals surface area contributed by atoms with E-state index in [2.05, 4.69) is 19.9 Å². The first-order chi connectivity index (χ1) is 12.2. The Balaban J connectivity index is 1.75. The highest BCUT2D eigenvalue weighted by Gasteiger charge is 2.26. The van der Waals surface area contributed by atoms with Crippen molar-refractivity contribution in [2.75, 3.05) is 18.0 Å². The van der Waals surface area contributed by atoms with Gasteiger partial charge in [-0.3, -0.25) is 9.97 Å². The molecule has 1 fully saturated rings. The third-order valence-corrected chi connectivity index (χ3v) is 4.51. The highest BCUT2D eigenvalue weighted by atomic mass is 16.3. The van der Waals surface area contributed by atoms with Crippen molar-refractivity contribution in [3.05, 3.63) is 43.2 Å². The molecule has 1 aliphatic rings. The SMILES string of the molecule is C[C@H]1CN(c2ncc(-c3cnccn3)c(-c3ccco3)n2)CC[C@@H]1O. The number of anilines is 1. The molecule has 1 aliphatic heterocycles. The van der Waals surface area contributed by atoms with Gasteiger partial charge in [-0.25, -0.2) is 9.97 Å². The van der Waals surface area contributed by atoms with Gasteiger partial charge in [0.2, 0.25) is 5.95 Å². The third-order valence-electron chi connectivity index (χ3n) is 4.51. The van der Waals surface area contributed by atoms with E-state index < -0.39 is 0 Å². The summed E-state index contributed by atoms with van der Waals surface area (Å²) in [6, 6.07) is 3.70. The van der Waals surface area contributed by atoms with Gasteiger partial charge in [0.25, 0.3) is 0 Å². The maximum absolute atomic E-state index is 9.94. The number of hydrogen-bond acceptors (Lipinski definition) is 7. The number of aliphatic hydroxyl groups excluding tert-OH is 1. The maximum Gasteiger partial charge on any atom is 0.226 e. The fourth-order valence-corrected chi connectivity index (χ4v) is 3.07. The van der Waals surface area contributed by atoms with Crippen molar-refractivity contribution in [3.63, 3.8) is 0 Å². The Kier molecular flexibility index (Phi) is 4.15. The van der Waals surface area contributed by atoms with Crippen LogP contribution in [0.3, 0.4) is 0 Å². The fraction of sp³-hybridized carbons (Fsp3) is 0.333. The van der Waals surface area contributed by atoms with Gasteiger partial charge in [0.05, 0.1) is 24.3 Å². The summed E-state index contributed by atoms with van der Waals surface area (Å²) >= 11 is 0. The predicted octanol–water partition coefficient (Wildman–Crippen LogP) is 2.40. The first-order valence-electron chi connectivity index (χ1n) is 8.32. The Morgan fingerprint density at radius 3 is 2.88 bits per heavy atom. The minimum absolute atomic E-state index is 0.184. The molecule has 3 aromatic heterocycles. The summed E-state index contributed by atoms with van der Waals surface area (Å²) < 4.78 is 5.57. The van der Waals surface area contributed by atoms with Gasteiger partial charge in [-0.2, -0.15) is 0 Å². The Labute approximate surface area is 145 Å². The minimum atomic E-state index is -0.264. The molecule has 1 N–H and O–H groups in total. The predicted molar refractivity (Wildman–Crippen MR) is 92.8 cm³/mol. The van der Waals surface area contributed by atoms with Crippen molar-refractivity contribution in [2.45, 2.75) is 19.4 Å². The number of aromatic nitrogens is 4. The number of piperidine rings is 1. The van der Waals surface area contributed by atoms with Crippen LogP contribution in [0.15, 0.2) is 47.6 Å². The number of nitrogens with zero attached hydrogens (tertiary/aromatic N) is 5. The van der Waals surface area contributed by atoms with Crippen molar-refractivity contribution in [1.29, 1.82) is 0 Å². The molecule has 0 aliphatic carbocycles. The van der Waals surface area contributed by atoms with Crippen LogP contribution >= 0.6 is 0 Å². The summed E-state index contributed by atoms with van der Waals surface area (Å²) in [6.07, 6.45) is 8.79. The molecule has 0 unspecified atom stereocenters. The van der Waals surface area contributed by atoms with E-state index in [1.165, 1.54) is 0 Å². The minimum Gasteiger partial charge on any atom is -0.463 e. The molecule has 25 heavy (non-hydrogen) atoms. The largest absolute Gasteiger partial charge is 0.463 e. The molecule has 3 aromatic rings. The standard InChI is InChI=1S/C18H19N5O2/c1-12-11-23(7-4-15(12)24)18-21-9-13(14-10-19-5-6-20-14)17(22-18)16-3-2-8-25-16/h2-3,5-6,8-10,12,15,24H,4,7,11H2,1H3/t12-,15-/m0/s1. The molecule has 7 heteroatoms. The summed E-state index contributed by atoms with van der Waals surface area (Å²) in [5, 5.41) is 9.94. The summed E-state index contributed by atoms with van der Waals surface area (Å²) in [4.78, 5) is 19.9. The molecule has 2 atom stereocenters. The lowest BCUT2D eigenvalue weighted by molar-refractivity contribution is 0.0966. The third kappa shape index (κ3) is 3.10. The second kappa shape index (κ2) is 6.60. The Morgan fingerprint density at radius 1 is 1.24 bits per heavy atom. The van der Waals surface area contributed by atoms with Crippen molar-refractivity contribution < 1.29 is 9.52 Å². The molecule has 0 spiro atoms. The highest BCUT2D eigenvalue weighted by Crippen LogP contribution is 2.31. The lowest BCUT2D eigenvalue weighted by Crippen LogP contribution is -2.42. The van der Waals surface area contributed by atoms with Crippen LogP contribution in [-0.4, -0.2) is 44.2 Å². The molecule has 0 radical (unpaired) electrons. The van der Waals surface area contributed by atoms with Gasteiger partial charge in [-0.15, -0.1) is 0 Å². The van der Waals surface area contributed by atoms with E-state index in [1.54, 1.807) is 31.1 Å². The zero-order chi connectivity index (χ0) is 17.2. The van der Waals surface area contributed by atoms with Gasteiger partial charge in [0.15, 0.2) is 5.76 Å².